The Hall–Kier alpha value is -5.31. The molecule has 2 N–H and O–H groups in total. The lowest BCUT2D eigenvalue weighted by Crippen LogP contribution is -2.22. The maximum Gasteiger partial charge on any atom is 0.312 e. The average Bonchev–Trinajstić information content (AvgIpc) is 2.96. The van der Waals surface area contributed by atoms with Gasteiger partial charge in [-0.2, -0.15) is 0 Å². The van der Waals surface area contributed by atoms with Gasteiger partial charge in [-0.15, -0.1) is 0 Å². The van der Waals surface area contributed by atoms with Gasteiger partial charge in [0.25, 0.3) is 0 Å². The van der Waals surface area contributed by atoms with Gasteiger partial charge < -0.3 is 28.8 Å². The minimum atomic E-state index is -0.555. The van der Waals surface area contributed by atoms with Crippen LogP contribution in [0.1, 0.15) is 29.2 Å². The topological polar surface area (TPSA) is 128 Å². The molecule has 40 heavy (non-hydrogen) atoms. The molecule has 1 aliphatic heterocycles. The first-order valence-corrected chi connectivity index (χ1v) is 12.5. The smallest absolute Gasteiger partial charge is 0.312 e. The fraction of sp³-hybridized carbons (Fsp3) is 0.129. The van der Waals surface area contributed by atoms with E-state index in [0.29, 0.717) is 16.9 Å². The number of fused-ring (bicyclic) bond motifs is 3. The van der Waals surface area contributed by atoms with Crippen LogP contribution in [0.3, 0.4) is 0 Å². The highest BCUT2D eigenvalue weighted by molar-refractivity contribution is 5.93. The van der Waals surface area contributed by atoms with Gasteiger partial charge in [0.2, 0.25) is 0 Å². The molecule has 0 unspecified atom stereocenters. The number of hydrogen-bond acceptors (Lipinski definition) is 9. The second kappa shape index (κ2) is 10.1. The van der Waals surface area contributed by atoms with E-state index in [1.165, 1.54) is 25.3 Å². The summed E-state index contributed by atoms with van der Waals surface area (Å²) in [6, 6.07) is 20.0. The standard InChI is InChI=1S/C31H23NO8/c1-37-25-9-8-18(12-22(25)33)26-14-23(34)30-24(35)15-27-29(31(30)40-26)21(13-28(36)39-27)17-5-4-7-20(11-17)38-16-19-6-2-3-10-32-19/h2-12,14-15,21,33,35H,13,16H2,1H3/t21-/m0/s1. The molecule has 1 atom stereocenters. The van der Waals surface area contributed by atoms with Gasteiger partial charge in [0.15, 0.2) is 16.9 Å². The van der Waals surface area contributed by atoms with E-state index in [1.54, 1.807) is 24.4 Å². The molecule has 0 radical (unpaired) electrons. The number of aromatic hydroxyl groups is 2. The van der Waals surface area contributed by atoms with Crippen LogP contribution in [0.2, 0.25) is 0 Å². The van der Waals surface area contributed by atoms with Gasteiger partial charge in [-0.25, -0.2) is 0 Å². The number of aromatic nitrogens is 1. The number of phenolic OH excluding ortho intramolecular Hbond substituents is 2. The molecule has 0 saturated carbocycles. The van der Waals surface area contributed by atoms with Crippen LogP contribution in [-0.4, -0.2) is 28.3 Å². The van der Waals surface area contributed by atoms with Crippen LogP contribution in [0.4, 0.5) is 0 Å². The molecule has 1 aliphatic rings. The fourth-order valence-electron chi connectivity index (χ4n) is 4.89. The van der Waals surface area contributed by atoms with E-state index in [4.69, 9.17) is 18.6 Å². The van der Waals surface area contributed by atoms with Crippen molar-refractivity contribution in [1.29, 1.82) is 0 Å². The molecule has 6 rings (SSSR count). The molecule has 9 heteroatoms. The van der Waals surface area contributed by atoms with Crippen molar-refractivity contribution in [2.45, 2.75) is 18.9 Å². The molecule has 0 spiro atoms. The first-order chi connectivity index (χ1) is 19.4. The van der Waals surface area contributed by atoms with Crippen LogP contribution >= 0.6 is 0 Å². The average molecular weight is 538 g/mol. The number of methoxy groups -OCH3 is 1. The lowest BCUT2D eigenvalue weighted by Gasteiger charge is -2.26. The monoisotopic (exact) mass is 537 g/mol. The van der Waals surface area contributed by atoms with Crippen LogP contribution in [-0.2, 0) is 11.4 Å². The molecule has 0 aliphatic carbocycles. The molecule has 0 saturated heterocycles. The van der Waals surface area contributed by atoms with Crippen molar-refractivity contribution >= 4 is 16.9 Å². The molecule has 3 heterocycles. The van der Waals surface area contributed by atoms with Crippen LogP contribution in [0.25, 0.3) is 22.3 Å². The molecule has 0 amide bonds. The van der Waals surface area contributed by atoms with Gasteiger partial charge in [-0.1, -0.05) is 18.2 Å². The second-order valence-corrected chi connectivity index (χ2v) is 9.29. The molecule has 0 bridgehead atoms. The minimum Gasteiger partial charge on any atom is -0.507 e. The SMILES string of the molecule is COc1ccc(-c2cc(=O)c3c(O)cc4c(c3o2)[C@H](c2cccc(OCc3ccccn3)c2)CC(=O)O4)cc1O. The van der Waals surface area contributed by atoms with E-state index in [9.17, 15) is 19.8 Å². The number of pyridine rings is 1. The molecule has 200 valence electrons. The number of rotatable bonds is 6. The lowest BCUT2D eigenvalue weighted by molar-refractivity contribution is -0.135. The third-order valence-corrected chi connectivity index (χ3v) is 6.76. The van der Waals surface area contributed by atoms with E-state index in [2.05, 4.69) is 4.98 Å². The number of carbonyl (C=O) groups excluding carboxylic acids is 1. The fourth-order valence-corrected chi connectivity index (χ4v) is 4.89. The molecular weight excluding hydrogens is 514 g/mol. The number of phenols is 2. The first-order valence-electron chi connectivity index (χ1n) is 12.5. The Labute approximate surface area is 227 Å². The lowest BCUT2D eigenvalue weighted by atomic mass is 9.85. The number of nitrogens with zero attached hydrogens (tertiary/aromatic N) is 1. The molecular formula is C31H23NO8. The predicted molar refractivity (Wildman–Crippen MR) is 145 cm³/mol. The van der Waals surface area contributed by atoms with Crippen molar-refractivity contribution < 1.29 is 33.6 Å². The number of benzene rings is 3. The Kier molecular flexibility index (Phi) is 6.31. The summed E-state index contributed by atoms with van der Waals surface area (Å²) in [5, 5.41) is 21.0. The largest absolute Gasteiger partial charge is 0.507 e. The summed E-state index contributed by atoms with van der Waals surface area (Å²) in [6.45, 7) is 0.261. The van der Waals surface area contributed by atoms with Gasteiger partial charge in [-0.05, 0) is 48.0 Å². The van der Waals surface area contributed by atoms with E-state index >= 15 is 0 Å². The maximum atomic E-state index is 13.2. The van der Waals surface area contributed by atoms with Gasteiger partial charge >= 0.3 is 5.97 Å². The third-order valence-electron chi connectivity index (χ3n) is 6.76. The number of carbonyl (C=O) groups is 1. The van der Waals surface area contributed by atoms with Crippen LogP contribution in [0.5, 0.6) is 28.7 Å². The van der Waals surface area contributed by atoms with Crippen molar-refractivity contribution in [2.75, 3.05) is 7.11 Å². The molecule has 3 aromatic carbocycles. The zero-order valence-corrected chi connectivity index (χ0v) is 21.3. The summed E-state index contributed by atoms with van der Waals surface area (Å²) >= 11 is 0. The maximum absolute atomic E-state index is 13.2. The van der Waals surface area contributed by atoms with E-state index in [0.717, 1.165) is 11.3 Å². The normalized spacial score (nSPS) is 14.4. The third kappa shape index (κ3) is 4.58. The summed E-state index contributed by atoms with van der Waals surface area (Å²) < 4.78 is 22.8. The zero-order valence-electron chi connectivity index (χ0n) is 21.3. The second-order valence-electron chi connectivity index (χ2n) is 9.29. The van der Waals surface area contributed by atoms with Gasteiger partial charge in [0.1, 0.15) is 40.6 Å². The Balaban J connectivity index is 1.47. The summed E-state index contributed by atoms with van der Waals surface area (Å²) in [7, 11) is 1.43. The van der Waals surface area contributed by atoms with Gasteiger partial charge in [0.05, 0.1) is 19.2 Å². The number of esters is 1. The van der Waals surface area contributed by atoms with Crippen molar-refractivity contribution in [3.05, 3.63) is 106 Å². The Bertz CT molecular complexity index is 1810. The number of ether oxygens (including phenoxy) is 3. The van der Waals surface area contributed by atoms with Crippen molar-refractivity contribution in [3.63, 3.8) is 0 Å². The Morgan fingerprint density at radius 1 is 0.975 bits per heavy atom. The predicted octanol–water partition coefficient (Wildman–Crippen LogP) is 5.29. The van der Waals surface area contributed by atoms with Crippen molar-refractivity contribution in [2.24, 2.45) is 0 Å². The van der Waals surface area contributed by atoms with E-state index in [-0.39, 0.29) is 52.8 Å². The van der Waals surface area contributed by atoms with E-state index in [1.807, 2.05) is 36.4 Å². The highest BCUT2D eigenvalue weighted by Crippen LogP contribution is 2.46. The van der Waals surface area contributed by atoms with Crippen LogP contribution < -0.4 is 19.6 Å². The summed E-state index contributed by atoms with van der Waals surface area (Å²) in [5.74, 6) is -0.450. The van der Waals surface area contributed by atoms with Crippen LogP contribution in [0, 0.1) is 0 Å². The molecule has 2 aromatic heterocycles. The quantitative estimate of drug-likeness (QED) is 0.219. The van der Waals surface area contributed by atoms with E-state index < -0.39 is 17.3 Å². The van der Waals surface area contributed by atoms with Crippen molar-refractivity contribution in [3.8, 4) is 40.1 Å². The summed E-state index contributed by atoms with van der Waals surface area (Å²) in [6.07, 6.45) is 1.67. The van der Waals surface area contributed by atoms with Gasteiger partial charge in [-0.3, -0.25) is 14.6 Å². The van der Waals surface area contributed by atoms with Crippen LogP contribution in [0.15, 0.2) is 88.2 Å². The zero-order chi connectivity index (χ0) is 27.8. The molecule has 9 nitrogen and oxygen atoms in total. The highest BCUT2D eigenvalue weighted by Gasteiger charge is 2.34. The molecule has 5 aromatic rings. The highest BCUT2D eigenvalue weighted by atomic mass is 16.5. The summed E-state index contributed by atoms with van der Waals surface area (Å²) in [4.78, 5) is 30.1. The Morgan fingerprint density at radius 2 is 1.85 bits per heavy atom. The molecule has 0 fully saturated rings. The Morgan fingerprint density at radius 3 is 2.62 bits per heavy atom. The van der Waals surface area contributed by atoms with Crippen molar-refractivity contribution in [1.82, 2.24) is 4.98 Å². The minimum absolute atomic E-state index is 0.0200. The first kappa shape index (κ1) is 25.0. The van der Waals surface area contributed by atoms with Gasteiger partial charge in [0, 0.05) is 35.4 Å². The summed E-state index contributed by atoms with van der Waals surface area (Å²) in [5.41, 5.74) is 1.97. The number of hydrogen-bond donors (Lipinski definition) is 2.